The molecule has 0 fully saturated rings. The molecule has 1 aromatic heterocycles. The zero-order valence-electron chi connectivity index (χ0n) is 11.7. The summed E-state index contributed by atoms with van der Waals surface area (Å²) in [4.78, 5) is 4.45. The van der Waals surface area contributed by atoms with E-state index in [0.29, 0.717) is 5.92 Å². The van der Waals surface area contributed by atoms with E-state index in [0.717, 1.165) is 36.6 Å². The monoisotopic (exact) mass is 270 g/mol. The molecule has 1 atom stereocenters. The van der Waals surface area contributed by atoms with Crippen molar-refractivity contribution in [2.45, 2.75) is 39.1 Å². The molecule has 1 unspecified atom stereocenters. The van der Waals surface area contributed by atoms with Gasteiger partial charge in [-0.15, -0.1) is 11.6 Å². The molecule has 0 amide bonds. The quantitative estimate of drug-likeness (QED) is 0.773. The summed E-state index contributed by atoms with van der Waals surface area (Å²) in [6, 6.07) is 3.87. The molecule has 1 heterocycles. The summed E-state index contributed by atoms with van der Waals surface area (Å²) in [5.41, 5.74) is 1.95. The molecule has 102 valence electrons. The fraction of sp³-hybridized carbons (Fsp3) is 0.643. The number of aromatic nitrogens is 1. The fourth-order valence-electron chi connectivity index (χ4n) is 1.86. The second-order valence-corrected chi connectivity index (χ2v) is 5.61. The Morgan fingerprint density at radius 1 is 1.39 bits per heavy atom. The Labute approximate surface area is 115 Å². The molecule has 0 aliphatic heterocycles. The number of hydrogen-bond acceptors (Lipinski definition) is 3. The molecule has 0 aliphatic carbocycles. The SMILES string of the molecule is COc1cc(C)nc(CNCC(Cl)CC(C)C)c1. The van der Waals surface area contributed by atoms with Gasteiger partial charge < -0.3 is 10.1 Å². The molecule has 1 rings (SSSR count). The summed E-state index contributed by atoms with van der Waals surface area (Å²) in [7, 11) is 1.67. The van der Waals surface area contributed by atoms with Gasteiger partial charge in [-0.1, -0.05) is 13.8 Å². The van der Waals surface area contributed by atoms with Crippen LogP contribution in [-0.4, -0.2) is 24.0 Å². The molecule has 0 radical (unpaired) electrons. The van der Waals surface area contributed by atoms with Crippen molar-refractivity contribution in [3.8, 4) is 5.75 Å². The van der Waals surface area contributed by atoms with Crippen LogP contribution in [0, 0.1) is 12.8 Å². The van der Waals surface area contributed by atoms with E-state index in [-0.39, 0.29) is 5.38 Å². The maximum Gasteiger partial charge on any atom is 0.122 e. The van der Waals surface area contributed by atoms with E-state index in [4.69, 9.17) is 16.3 Å². The Bertz CT molecular complexity index is 369. The second kappa shape index (κ2) is 7.59. The van der Waals surface area contributed by atoms with Crippen molar-refractivity contribution >= 4 is 11.6 Å². The van der Waals surface area contributed by atoms with Crippen LogP contribution in [0.4, 0.5) is 0 Å². The minimum atomic E-state index is 0.178. The van der Waals surface area contributed by atoms with E-state index in [1.807, 2.05) is 19.1 Å². The lowest BCUT2D eigenvalue weighted by atomic mass is 10.1. The van der Waals surface area contributed by atoms with Crippen molar-refractivity contribution in [3.05, 3.63) is 23.5 Å². The van der Waals surface area contributed by atoms with E-state index in [1.54, 1.807) is 7.11 Å². The van der Waals surface area contributed by atoms with Crippen molar-refractivity contribution in [1.29, 1.82) is 0 Å². The summed E-state index contributed by atoms with van der Waals surface area (Å²) in [6.45, 7) is 7.86. The van der Waals surface area contributed by atoms with Crippen LogP contribution in [0.1, 0.15) is 31.7 Å². The van der Waals surface area contributed by atoms with E-state index in [9.17, 15) is 0 Å². The maximum absolute atomic E-state index is 6.22. The smallest absolute Gasteiger partial charge is 0.122 e. The number of alkyl halides is 1. The van der Waals surface area contributed by atoms with E-state index in [2.05, 4.69) is 24.1 Å². The average molecular weight is 271 g/mol. The predicted molar refractivity (Wildman–Crippen MR) is 76.3 cm³/mol. The lowest BCUT2D eigenvalue weighted by Gasteiger charge is -2.13. The van der Waals surface area contributed by atoms with Gasteiger partial charge in [-0.05, 0) is 19.3 Å². The Balaban J connectivity index is 2.41. The first kappa shape index (κ1) is 15.3. The highest BCUT2D eigenvalue weighted by Crippen LogP contribution is 2.13. The zero-order valence-corrected chi connectivity index (χ0v) is 12.4. The van der Waals surface area contributed by atoms with Gasteiger partial charge in [0.2, 0.25) is 0 Å². The van der Waals surface area contributed by atoms with Crippen molar-refractivity contribution in [3.63, 3.8) is 0 Å². The van der Waals surface area contributed by atoms with E-state index < -0.39 is 0 Å². The van der Waals surface area contributed by atoms with Crippen LogP contribution in [0.5, 0.6) is 5.75 Å². The zero-order chi connectivity index (χ0) is 13.5. The van der Waals surface area contributed by atoms with Crippen LogP contribution in [0.25, 0.3) is 0 Å². The first-order valence-electron chi connectivity index (χ1n) is 6.37. The first-order chi connectivity index (χ1) is 8.51. The highest BCUT2D eigenvalue weighted by atomic mass is 35.5. The lowest BCUT2D eigenvalue weighted by Crippen LogP contribution is -2.24. The number of rotatable bonds is 7. The number of aryl methyl sites for hydroxylation is 1. The summed E-state index contributed by atoms with van der Waals surface area (Å²) in [5, 5.41) is 3.51. The lowest BCUT2D eigenvalue weighted by molar-refractivity contribution is 0.412. The Kier molecular flexibility index (Phi) is 6.44. The summed E-state index contributed by atoms with van der Waals surface area (Å²) in [6.07, 6.45) is 1.03. The van der Waals surface area contributed by atoms with Gasteiger partial charge in [-0.2, -0.15) is 0 Å². The Morgan fingerprint density at radius 2 is 2.11 bits per heavy atom. The van der Waals surface area contributed by atoms with E-state index in [1.165, 1.54) is 0 Å². The number of pyridine rings is 1. The third kappa shape index (κ3) is 5.69. The number of hydrogen-bond donors (Lipinski definition) is 1. The average Bonchev–Trinajstić information content (AvgIpc) is 2.27. The van der Waals surface area contributed by atoms with Crippen LogP contribution in [-0.2, 0) is 6.54 Å². The van der Waals surface area contributed by atoms with Crippen LogP contribution in [0.15, 0.2) is 12.1 Å². The van der Waals surface area contributed by atoms with Gasteiger partial charge in [-0.25, -0.2) is 0 Å². The van der Waals surface area contributed by atoms with Crippen molar-refractivity contribution in [2.75, 3.05) is 13.7 Å². The third-order valence-corrected chi connectivity index (χ3v) is 2.95. The van der Waals surface area contributed by atoms with Crippen molar-refractivity contribution in [2.24, 2.45) is 5.92 Å². The molecule has 1 aromatic rings. The van der Waals surface area contributed by atoms with Gasteiger partial charge in [0.15, 0.2) is 0 Å². The normalized spacial score (nSPS) is 12.8. The van der Waals surface area contributed by atoms with Gasteiger partial charge in [0, 0.05) is 36.3 Å². The molecule has 0 bridgehead atoms. The van der Waals surface area contributed by atoms with Crippen LogP contribution < -0.4 is 10.1 Å². The molecule has 3 nitrogen and oxygen atoms in total. The van der Waals surface area contributed by atoms with Crippen molar-refractivity contribution in [1.82, 2.24) is 10.3 Å². The predicted octanol–water partition coefficient (Wildman–Crippen LogP) is 3.14. The van der Waals surface area contributed by atoms with Crippen LogP contribution >= 0.6 is 11.6 Å². The molecule has 0 saturated carbocycles. The molecule has 0 aliphatic rings. The molecule has 1 N–H and O–H groups in total. The van der Waals surface area contributed by atoms with Crippen LogP contribution in [0.2, 0.25) is 0 Å². The summed E-state index contributed by atoms with van der Waals surface area (Å²) < 4.78 is 5.22. The highest BCUT2D eigenvalue weighted by Gasteiger charge is 2.07. The van der Waals surface area contributed by atoms with Crippen molar-refractivity contribution < 1.29 is 4.74 Å². The molecule has 0 aromatic carbocycles. The van der Waals surface area contributed by atoms with E-state index >= 15 is 0 Å². The number of ether oxygens (including phenoxy) is 1. The topological polar surface area (TPSA) is 34.1 Å². The molecule has 0 spiro atoms. The van der Waals surface area contributed by atoms with Gasteiger partial charge in [0.25, 0.3) is 0 Å². The molecule has 4 heteroatoms. The number of nitrogens with zero attached hydrogens (tertiary/aromatic N) is 1. The minimum absolute atomic E-state index is 0.178. The maximum atomic E-state index is 6.22. The molecule has 0 saturated heterocycles. The Hall–Kier alpha value is -0.800. The highest BCUT2D eigenvalue weighted by molar-refractivity contribution is 6.20. The number of nitrogens with one attached hydrogen (secondary N) is 1. The summed E-state index contributed by atoms with van der Waals surface area (Å²) in [5.74, 6) is 1.48. The van der Waals surface area contributed by atoms with Gasteiger partial charge in [0.1, 0.15) is 5.75 Å². The minimum Gasteiger partial charge on any atom is -0.497 e. The van der Waals surface area contributed by atoms with Crippen LogP contribution in [0.3, 0.4) is 0 Å². The van der Waals surface area contributed by atoms with Gasteiger partial charge in [0.05, 0.1) is 12.8 Å². The Morgan fingerprint density at radius 3 is 2.72 bits per heavy atom. The standard InChI is InChI=1S/C14H23ClN2O/c1-10(2)5-12(15)8-16-9-13-7-14(18-4)6-11(3)17-13/h6-7,10,12,16H,5,8-9H2,1-4H3. The molecular weight excluding hydrogens is 248 g/mol. The largest absolute Gasteiger partial charge is 0.497 e. The second-order valence-electron chi connectivity index (χ2n) is 5.00. The number of methoxy groups -OCH3 is 1. The molecule has 18 heavy (non-hydrogen) atoms. The molecular formula is C14H23ClN2O. The van der Waals surface area contributed by atoms with Gasteiger partial charge in [-0.3, -0.25) is 4.98 Å². The number of halogens is 1. The summed E-state index contributed by atoms with van der Waals surface area (Å²) >= 11 is 6.22. The fourth-order valence-corrected chi connectivity index (χ4v) is 2.33. The van der Waals surface area contributed by atoms with Gasteiger partial charge >= 0.3 is 0 Å². The third-order valence-electron chi connectivity index (χ3n) is 2.61. The first-order valence-corrected chi connectivity index (χ1v) is 6.81.